The summed E-state index contributed by atoms with van der Waals surface area (Å²) in [6.07, 6.45) is -0.365. The first-order valence-electron chi connectivity index (χ1n) is 5.01. The number of ether oxygens (including phenoxy) is 1. The third kappa shape index (κ3) is 4.10. The van der Waals surface area contributed by atoms with Crippen molar-refractivity contribution in [2.24, 2.45) is 0 Å². The molecule has 0 heterocycles. The molecule has 0 aromatic heterocycles. The SMILES string of the molecule is CC[Si](CC)(CCNC(=O)OC)OC. The molecule has 0 aromatic carbocycles. The van der Waals surface area contributed by atoms with Crippen LogP contribution in [-0.4, -0.2) is 35.2 Å². The van der Waals surface area contributed by atoms with E-state index in [1.54, 1.807) is 7.11 Å². The zero-order valence-electron chi connectivity index (χ0n) is 9.55. The predicted octanol–water partition coefficient (Wildman–Crippen LogP) is 1.97. The number of carbonyl (C=O) groups is 1. The number of hydrogen-bond donors (Lipinski definition) is 1. The summed E-state index contributed by atoms with van der Waals surface area (Å²) in [4.78, 5) is 10.8. The van der Waals surface area contributed by atoms with Gasteiger partial charge in [-0.1, -0.05) is 13.8 Å². The molecule has 84 valence electrons. The van der Waals surface area contributed by atoms with Crippen LogP contribution >= 0.6 is 0 Å². The fraction of sp³-hybridized carbons (Fsp3) is 0.889. The molecule has 0 fully saturated rings. The lowest BCUT2D eigenvalue weighted by Crippen LogP contribution is -2.39. The molecule has 0 unspecified atom stereocenters. The zero-order valence-corrected chi connectivity index (χ0v) is 10.6. The fourth-order valence-electron chi connectivity index (χ4n) is 1.46. The second-order valence-corrected chi connectivity index (χ2v) is 7.95. The van der Waals surface area contributed by atoms with Crippen molar-refractivity contribution in [3.63, 3.8) is 0 Å². The van der Waals surface area contributed by atoms with E-state index in [2.05, 4.69) is 23.9 Å². The van der Waals surface area contributed by atoms with Gasteiger partial charge in [-0.05, 0) is 18.1 Å². The molecule has 0 rings (SSSR count). The molecule has 5 heteroatoms. The number of rotatable bonds is 6. The van der Waals surface area contributed by atoms with Crippen LogP contribution in [0.15, 0.2) is 0 Å². The minimum Gasteiger partial charge on any atom is -0.453 e. The van der Waals surface area contributed by atoms with Gasteiger partial charge in [0.2, 0.25) is 0 Å². The van der Waals surface area contributed by atoms with Crippen LogP contribution in [0.1, 0.15) is 13.8 Å². The Balaban J connectivity index is 3.88. The first kappa shape index (κ1) is 13.4. The largest absolute Gasteiger partial charge is 0.453 e. The van der Waals surface area contributed by atoms with Gasteiger partial charge in [-0.2, -0.15) is 0 Å². The van der Waals surface area contributed by atoms with Gasteiger partial charge in [0.15, 0.2) is 8.32 Å². The lowest BCUT2D eigenvalue weighted by molar-refractivity contribution is 0.171. The van der Waals surface area contributed by atoms with E-state index >= 15 is 0 Å². The number of methoxy groups -OCH3 is 1. The molecule has 0 radical (unpaired) electrons. The van der Waals surface area contributed by atoms with Crippen LogP contribution < -0.4 is 5.32 Å². The number of alkyl carbamates (subject to hydrolysis) is 1. The molecule has 0 aromatic rings. The van der Waals surface area contributed by atoms with Crippen molar-refractivity contribution in [1.29, 1.82) is 0 Å². The van der Waals surface area contributed by atoms with Crippen LogP contribution in [0.5, 0.6) is 0 Å². The highest BCUT2D eigenvalue weighted by Crippen LogP contribution is 2.20. The molecule has 1 amide bonds. The Bertz CT molecular complexity index is 163. The van der Waals surface area contributed by atoms with E-state index in [4.69, 9.17) is 4.43 Å². The monoisotopic (exact) mass is 219 g/mol. The summed E-state index contributed by atoms with van der Waals surface area (Å²) in [5.41, 5.74) is 0. The quantitative estimate of drug-likeness (QED) is 0.695. The molecule has 0 aliphatic heterocycles. The molecule has 0 saturated carbocycles. The average molecular weight is 219 g/mol. The Morgan fingerprint density at radius 3 is 2.21 bits per heavy atom. The smallest absolute Gasteiger partial charge is 0.406 e. The second kappa shape index (κ2) is 6.84. The third-order valence-electron chi connectivity index (χ3n) is 2.76. The minimum absolute atomic E-state index is 0.365. The molecule has 0 atom stereocenters. The summed E-state index contributed by atoms with van der Waals surface area (Å²) in [7, 11) is 1.58. The predicted molar refractivity (Wildman–Crippen MR) is 58.9 cm³/mol. The van der Waals surface area contributed by atoms with Crippen LogP contribution in [0, 0.1) is 0 Å². The Kier molecular flexibility index (Phi) is 6.57. The van der Waals surface area contributed by atoms with Crippen molar-refractivity contribution in [2.45, 2.75) is 32.0 Å². The summed E-state index contributed by atoms with van der Waals surface area (Å²) in [5.74, 6) is 0. The molecule has 4 nitrogen and oxygen atoms in total. The maximum atomic E-state index is 10.8. The number of nitrogens with one attached hydrogen (secondary N) is 1. The van der Waals surface area contributed by atoms with Gasteiger partial charge >= 0.3 is 6.09 Å². The standard InChI is InChI=1S/C9H21NO3Si/c1-5-14(6-2,13-4)8-7-10-9(11)12-3/h5-8H2,1-4H3,(H,10,11). The Labute approximate surface area is 87.1 Å². The van der Waals surface area contributed by atoms with Crippen LogP contribution in [0.2, 0.25) is 18.1 Å². The van der Waals surface area contributed by atoms with E-state index < -0.39 is 8.32 Å². The highest BCUT2D eigenvalue weighted by atomic mass is 28.4. The molecular weight excluding hydrogens is 198 g/mol. The van der Waals surface area contributed by atoms with E-state index in [-0.39, 0.29) is 6.09 Å². The molecule has 14 heavy (non-hydrogen) atoms. The van der Waals surface area contributed by atoms with Gasteiger partial charge in [-0.3, -0.25) is 0 Å². The zero-order chi connectivity index (χ0) is 11.0. The van der Waals surface area contributed by atoms with Gasteiger partial charge in [0.25, 0.3) is 0 Å². The highest BCUT2D eigenvalue weighted by Gasteiger charge is 2.29. The molecule has 1 N–H and O–H groups in total. The van der Waals surface area contributed by atoms with E-state index in [1.165, 1.54) is 7.11 Å². The van der Waals surface area contributed by atoms with Gasteiger partial charge in [-0.25, -0.2) is 4.79 Å². The first-order chi connectivity index (χ1) is 6.64. The third-order valence-corrected chi connectivity index (χ3v) is 7.36. The summed E-state index contributed by atoms with van der Waals surface area (Å²) >= 11 is 0. The van der Waals surface area contributed by atoms with Gasteiger partial charge in [0, 0.05) is 13.7 Å². The maximum absolute atomic E-state index is 10.8. The molecule has 0 spiro atoms. The maximum Gasteiger partial charge on any atom is 0.406 e. The average Bonchev–Trinajstić information content (AvgIpc) is 2.25. The van der Waals surface area contributed by atoms with E-state index in [9.17, 15) is 4.79 Å². The Morgan fingerprint density at radius 2 is 1.86 bits per heavy atom. The molecule has 0 aliphatic rings. The van der Waals surface area contributed by atoms with Crippen molar-refractivity contribution in [2.75, 3.05) is 20.8 Å². The van der Waals surface area contributed by atoms with Gasteiger partial charge < -0.3 is 14.5 Å². The molecule has 0 saturated heterocycles. The van der Waals surface area contributed by atoms with Gasteiger partial charge in [0.1, 0.15) is 0 Å². The number of carbonyl (C=O) groups excluding carboxylic acids is 1. The molecule has 0 aliphatic carbocycles. The van der Waals surface area contributed by atoms with Crippen LogP contribution in [0.3, 0.4) is 0 Å². The van der Waals surface area contributed by atoms with Crippen molar-refractivity contribution >= 4 is 14.4 Å². The van der Waals surface area contributed by atoms with Crippen molar-refractivity contribution < 1.29 is 14.0 Å². The van der Waals surface area contributed by atoms with Gasteiger partial charge in [-0.15, -0.1) is 0 Å². The van der Waals surface area contributed by atoms with E-state index in [1.807, 2.05) is 0 Å². The Morgan fingerprint density at radius 1 is 1.29 bits per heavy atom. The molecular formula is C9H21NO3Si. The lowest BCUT2D eigenvalue weighted by atomic mass is 10.7. The lowest BCUT2D eigenvalue weighted by Gasteiger charge is -2.26. The summed E-state index contributed by atoms with van der Waals surface area (Å²) in [5, 5.41) is 2.68. The van der Waals surface area contributed by atoms with Crippen LogP contribution in [-0.2, 0) is 9.16 Å². The summed E-state index contributed by atoms with van der Waals surface area (Å²) < 4.78 is 10.1. The summed E-state index contributed by atoms with van der Waals surface area (Å²) in [6, 6.07) is 3.12. The van der Waals surface area contributed by atoms with Crippen molar-refractivity contribution in [1.82, 2.24) is 5.32 Å². The van der Waals surface area contributed by atoms with Crippen molar-refractivity contribution in [3.8, 4) is 0 Å². The normalized spacial score (nSPS) is 11.1. The number of amides is 1. The summed E-state index contributed by atoms with van der Waals surface area (Å²) in [6.45, 7) is 4.95. The van der Waals surface area contributed by atoms with E-state index in [0.717, 1.165) is 18.1 Å². The van der Waals surface area contributed by atoms with Crippen molar-refractivity contribution in [3.05, 3.63) is 0 Å². The highest BCUT2D eigenvalue weighted by molar-refractivity contribution is 6.73. The first-order valence-corrected chi connectivity index (χ1v) is 7.54. The molecule has 0 bridgehead atoms. The van der Waals surface area contributed by atoms with Gasteiger partial charge in [0.05, 0.1) is 7.11 Å². The fourth-order valence-corrected chi connectivity index (χ4v) is 4.03. The number of hydrogen-bond acceptors (Lipinski definition) is 3. The second-order valence-electron chi connectivity index (χ2n) is 3.26. The minimum atomic E-state index is -1.57. The van der Waals surface area contributed by atoms with Crippen LogP contribution in [0.25, 0.3) is 0 Å². The van der Waals surface area contributed by atoms with Crippen LogP contribution in [0.4, 0.5) is 4.79 Å². The van der Waals surface area contributed by atoms with E-state index in [0.29, 0.717) is 6.54 Å². The topological polar surface area (TPSA) is 47.6 Å². The Hall–Kier alpha value is -0.553.